The Morgan fingerprint density at radius 1 is 1.40 bits per heavy atom. The molecule has 3 rings (SSSR count). The zero-order valence-corrected chi connectivity index (χ0v) is 13.1. The summed E-state index contributed by atoms with van der Waals surface area (Å²) in [5.74, 6) is 1.76. The van der Waals surface area contributed by atoms with E-state index in [1.807, 2.05) is 24.3 Å². The highest BCUT2D eigenvalue weighted by Gasteiger charge is 2.37. The molecule has 106 valence electrons. The number of benzene rings is 1. The van der Waals surface area contributed by atoms with Crippen LogP contribution in [0.15, 0.2) is 33.3 Å². The van der Waals surface area contributed by atoms with Gasteiger partial charge in [-0.2, -0.15) is 4.98 Å². The predicted octanol–water partition coefficient (Wildman–Crippen LogP) is 3.86. The Morgan fingerprint density at radius 3 is 2.95 bits per heavy atom. The Kier molecular flexibility index (Phi) is 3.65. The summed E-state index contributed by atoms with van der Waals surface area (Å²) in [6.45, 7) is 2.23. The van der Waals surface area contributed by atoms with Gasteiger partial charge in [-0.05, 0) is 30.9 Å². The van der Waals surface area contributed by atoms with Crippen molar-refractivity contribution < 1.29 is 4.52 Å². The van der Waals surface area contributed by atoms with Crippen LogP contribution in [0.5, 0.6) is 0 Å². The van der Waals surface area contributed by atoms with Crippen LogP contribution in [0.4, 0.5) is 0 Å². The third-order valence-corrected chi connectivity index (χ3v) is 4.69. The molecular weight excluding hydrogens is 318 g/mol. The molecule has 1 aromatic heterocycles. The highest BCUT2D eigenvalue weighted by molar-refractivity contribution is 9.10. The molecule has 1 fully saturated rings. The molecule has 0 radical (unpaired) electrons. The van der Waals surface area contributed by atoms with E-state index >= 15 is 0 Å². The lowest BCUT2D eigenvalue weighted by Crippen LogP contribution is -2.41. The fourth-order valence-corrected chi connectivity index (χ4v) is 3.43. The van der Waals surface area contributed by atoms with Gasteiger partial charge < -0.3 is 10.3 Å². The van der Waals surface area contributed by atoms with E-state index in [0.29, 0.717) is 17.6 Å². The maximum atomic E-state index is 6.49. The maximum Gasteiger partial charge on any atom is 0.247 e. The molecule has 1 aromatic carbocycles. The number of aromatic nitrogens is 2. The zero-order valence-electron chi connectivity index (χ0n) is 11.5. The Bertz CT molecular complexity index is 613. The van der Waals surface area contributed by atoms with E-state index in [2.05, 4.69) is 33.0 Å². The smallest absolute Gasteiger partial charge is 0.247 e. The second-order valence-corrected chi connectivity index (χ2v) is 6.61. The van der Waals surface area contributed by atoms with Gasteiger partial charge in [0.1, 0.15) is 0 Å². The Labute approximate surface area is 126 Å². The summed E-state index contributed by atoms with van der Waals surface area (Å²) in [4.78, 5) is 4.54. The van der Waals surface area contributed by atoms with Crippen molar-refractivity contribution in [3.63, 3.8) is 0 Å². The molecule has 5 heteroatoms. The van der Waals surface area contributed by atoms with E-state index in [1.165, 1.54) is 6.42 Å². The minimum Gasteiger partial charge on any atom is -0.337 e. The molecule has 2 atom stereocenters. The van der Waals surface area contributed by atoms with Gasteiger partial charge in [0.2, 0.25) is 11.7 Å². The van der Waals surface area contributed by atoms with E-state index in [-0.39, 0.29) is 0 Å². The van der Waals surface area contributed by atoms with Gasteiger partial charge in [-0.3, -0.25) is 0 Å². The largest absolute Gasteiger partial charge is 0.337 e. The van der Waals surface area contributed by atoms with Gasteiger partial charge in [-0.1, -0.05) is 53.0 Å². The molecule has 1 aliphatic carbocycles. The summed E-state index contributed by atoms with van der Waals surface area (Å²) in [5.41, 5.74) is 6.95. The molecule has 0 saturated heterocycles. The van der Waals surface area contributed by atoms with Crippen LogP contribution in [0.3, 0.4) is 0 Å². The van der Waals surface area contributed by atoms with Crippen molar-refractivity contribution >= 4 is 15.9 Å². The SMILES string of the molecule is CC1CCCC(N)(c2nc(-c3ccccc3Br)no2)C1. The molecule has 0 bridgehead atoms. The highest BCUT2D eigenvalue weighted by Crippen LogP contribution is 2.38. The molecular formula is C15H18BrN3O. The van der Waals surface area contributed by atoms with Gasteiger partial charge in [-0.25, -0.2) is 0 Å². The van der Waals surface area contributed by atoms with Gasteiger partial charge in [0.25, 0.3) is 0 Å². The number of nitrogens with two attached hydrogens (primary N) is 1. The van der Waals surface area contributed by atoms with Crippen molar-refractivity contribution in [1.82, 2.24) is 10.1 Å². The van der Waals surface area contributed by atoms with Crippen LogP contribution in [-0.2, 0) is 5.54 Å². The third kappa shape index (κ3) is 2.52. The summed E-state index contributed by atoms with van der Waals surface area (Å²) in [7, 11) is 0. The Hall–Kier alpha value is -1.20. The second-order valence-electron chi connectivity index (χ2n) is 5.76. The van der Waals surface area contributed by atoms with E-state index < -0.39 is 5.54 Å². The number of hydrogen-bond donors (Lipinski definition) is 1. The van der Waals surface area contributed by atoms with Crippen LogP contribution in [0.1, 0.15) is 38.5 Å². The minimum atomic E-state index is -0.468. The average molecular weight is 336 g/mol. The van der Waals surface area contributed by atoms with Crippen LogP contribution in [0, 0.1) is 5.92 Å². The summed E-state index contributed by atoms with van der Waals surface area (Å²) in [6, 6.07) is 7.84. The van der Waals surface area contributed by atoms with Crippen molar-refractivity contribution in [2.24, 2.45) is 11.7 Å². The fraction of sp³-hybridized carbons (Fsp3) is 0.467. The highest BCUT2D eigenvalue weighted by atomic mass is 79.9. The summed E-state index contributed by atoms with van der Waals surface area (Å²) < 4.78 is 6.41. The average Bonchev–Trinajstić information content (AvgIpc) is 2.89. The molecule has 2 unspecified atom stereocenters. The normalized spacial score (nSPS) is 26.6. The van der Waals surface area contributed by atoms with E-state index in [9.17, 15) is 0 Å². The first-order valence-corrected chi connectivity index (χ1v) is 7.76. The van der Waals surface area contributed by atoms with E-state index in [0.717, 1.165) is 29.3 Å². The quantitative estimate of drug-likeness (QED) is 0.904. The molecule has 1 heterocycles. The first-order chi connectivity index (χ1) is 9.58. The molecule has 1 aliphatic rings. The number of nitrogens with zero attached hydrogens (tertiary/aromatic N) is 2. The van der Waals surface area contributed by atoms with Gasteiger partial charge in [-0.15, -0.1) is 0 Å². The molecule has 2 aromatic rings. The van der Waals surface area contributed by atoms with Crippen LogP contribution >= 0.6 is 15.9 Å². The summed E-state index contributed by atoms with van der Waals surface area (Å²) >= 11 is 3.51. The first-order valence-electron chi connectivity index (χ1n) is 6.96. The molecule has 0 spiro atoms. The van der Waals surface area contributed by atoms with Gasteiger partial charge in [0.15, 0.2) is 0 Å². The molecule has 2 N–H and O–H groups in total. The zero-order chi connectivity index (χ0) is 14.2. The summed E-state index contributed by atoms with van der Waals surface area (Å²) in [5, 5.41) is 4.10. The molecule has 1 saturated carbocycles. The Balaban J connectivity index is 1.92. The minimum absolute atomic E-state index is 0.468. The van der Waals surface area contributed by atoms with Crippen molar-refractivity contribution in [3.8, 4) is 11.4 Å². The fourth-order valence-electron chi connectivity index (χ4n) is 2.96. The molecule has 0 amide bonds. The lowest BCUT2D eigenvalue weighted by atomic mass is 9.77. The Morgan fingerprint density at radius 2 is 2.20 bits per heavy atom. The predicted molar refractivity (Wildman–Crippen MR) is 80.9 cm³/mol. The second kappa shape index (κ2) is 5.30. The number of rotatable bonds is 2. The van der Waals surface area contributed by atoms with Crippen LogP contribution in [0.2, 0.25) is 0 Å². The lowest BCUT2D eigenvalue weighted by Gasteiger charge is -2.33. The van der Waals surface area contributed by atoms with Gasteiger partial charge in [0.05, 0.1) is 5.54 Å². The molecule has 4 nitrogen and oxygen atoms in total. The van der Waals surface area contributed by atoms with Crippen molar-refractivity contribution in [2.45, 2.75) is 38.1 Å². The standard InChI is InChI=1S/C15H18BrN3O/c1-10-5-4-8-15(17,9-10)14-18-13(19-20-14)11-6-2-3-7-12(11)16/h2-3,6-7,10H,4-5,8-9,17H2,1H3. The number of hydrogen-bond acceptors (Lipinski definition) is 4. The lowest BCUT2D eigenvalue weighted by molar-refractivity contribution is 0.183. The summed E-state index contributed by atoms with van der Waals surface area (Å²) in [6.07, 6.45) is 4.16. The van der Waals surface area contributed by atoms with Crippen LogP contribution in [-0.4, -0.2) is 10.1 Å². The van der Waals surface area contributed by atoms with Gasteiger partial charge in [0, 0.05) is 10.0 Å². The monoisotopic (exact) mass is 335 g/mol. The van der Waals surface area contributed by atoms with Crippen molar-refractivity contribution in [3.05, 3.63) is 34.6 Å². The molecule has 20 heavy (non-hydrogen) atoms. The first kappa shape index (κ1) is 13.8. The topological polar surface area (TPSA) is 64.9 Å². The van der Waals surface area contributed by atoms with E-state index in [4.69, 9.17) is 10.3 Å². The molecule has 0 aliphatic heterocycles. The third-order valence-electron chi connectivity index (χ3n) is 4.00. The van der Waals surface area contributed by atoms with Crippen LogP contribution in [0.25, 0.3) is 11.4 Å². The maximum absolute atomic E-state index is 6.49. The van der Waals surface area contributed by atoms with E-state index in [1.54, 1.807) is 0 Å². The van der Waals surface area contributed by atoms with Crippen molar-refractivity contribution in [2.75, 3.05) is 0 Å². The van der Waals surface area contributed by atoms with Gasteiger partial charge >= 0.3 is 0 Å². The number of halogens is 1. The van der Waals surface area contributed by atoms with Crippen molar-refractivity contribution in [1.29, 1.82) is 0 Å². The van der Waals surface area contributed by atoms with Crippen LogP contribution < -0.4 is 5.73 Å².